The zero-order valence-corrected chi connectivity index (χ0v) is 9.25. The number of ether oxygens (including phenoxy) is 1. The number of primary amides is 1. The van der Waals surface area contributed by atoms with Crippen molar-refractivity contribution in [3.8, 4) is 0 Å². The Labute approximate surface area is 93.7 Å². The fourth-order valence-electron chi connectivity index (χ4n) is 0.761. The van der Waals surface area contributed by atoms with E-state index < -0.39 is 17.9 Å². The quantitative estimate of drug-likeness (QED) is 0.494. The number of amides is 3. The molecule has 0 aromatic carbocycles. The van der Waals surface area contributed by atoms with Gasteiger partial charge in [0.1, 0.15) is 6.54 Å². The van der Waals surface area contributed by atoms with Crippen molar-refractivity contribution in [3.05, 3.63) is 0 Å². The predicted octanol–water partition coefficient (Wildman–Crippen LogP) is -0.886. The Bertz CT molecular complexity index is 255. The summed E-state index contributed by atoms with van der Waals surface area (Å²) in [6, 6.07) is 0. The molecule has 0 saturated heterocycles. The molecule has 7 nitrogen and oxygen atoms in total. The van der Waals surface area contributed by atoms with Crippen molar-refractivity contribution in [1.82, 2.24) is 10.6 Å². The third-order valence-corrected chi connectivity index (χ3v) is 1.58. The fourth-order valence-corrected chi connectivity index (χ4v) is 0.761. The van der Waals surface area contributed by atoms with E-state index in [1.807, 2.05) is 6.92 Å². The van der Waals surface area contributed by atoms with Crippen LogP contribution in [0.4, 0.5) is 4.79 Å². The first-order valence-corrected chi connectivity index (χ1v) is 5.02. The smallest absolute Gasteiger partial charge is 0.407 e. The van der Waals surface area contributed by atoms with Crippen molar-refractivity contribution >= 4 is 17.9 Å². The van der Waals surface area contributed by atoms with Gasteiger partial charge in [-0.15, -0.1) is 0 Å². The van der Waals surface area contributed by atoms with Gasteiger partial charge in [-0.3, -0.25) is 9.59 Å². The van der Waals surface area contributed by atoms with Gasteiger partial charge in [0, 0.05) is 0 Å². The molecule has 0 spiro atoms. The van der Waals surface area contributed by atoms with Crippen LogP contribution in [-0.2, 0) is 14.3 Å². The number of carbonyl (C=O) groups excluding carboxylic acids is 3. The first kappa shape index (κ1) is 14.2. The van der Waals surface area contributed by atoms with Crippen LogP contribution >= 0.6 is 0 Å². The van der Waals surface area contributed by atoms with Crippen LogP contribution in [0.3, 0.4) is 0 Å². The molecule has 0 saturated carbocycles. The number of nitrogens with one attached hydrogen (secondary N) is 2. The average molecular weight is 231 g/mol. The van der Waals surface area contributed by atoms with Gasteiger partial charge >= 0.3 is 6.09 Å². The van der Waals surface area contributed by atoms with E-state index in [2.05, 4.69) is 10.6 Å². The van der Waals surface area contributed by atoms with Gasteiger partial charge in [-0.25, -0.2) is 4.79 Å². The lowest BCUT2D eigenvalue weighted by atomic mass is 10.4. The summed E-state index contributed by atoms with van der Waals surface area (Å²) < 4.78 is 4.74. The lowest BCUT2D eigenvalue weighted by Crippen LogP contribution is -2.40. The first-order valence-electron chi connectivity index (χ1n) is 5.02. The standard InChI is InChI=1S/C9H17N3O4/c1-2-3-4-16-9(15)12-6-8(14)11-5-7(10)13/h2-6H2,1H3,(H2,10,13)(H,11,14)(H,12,15). The van der Waals surface area contributed by atoms with E-state index in [4.69, 9.17) is 10.5 Å². The molecule has 0 radical (unpaired) electrons. The minimum Gasteiger partial charge on any atom is -0.450 e. The minimum absolute atomic E-state index is 0.238. The summed E-state index contributed by atoms with van der Waals surface area (Å²) in [5, 5.41) is 4.46. The highest BCUT2D eigenvalue weighted by molar-refractivity contribution is 5.86. The molecule has 0 unspecified atom stereocenters. The van der Waals surface area contributed by atoms with Gasteiger partial charge in [0.2, 0.25) is 11.8 Å². The van der Waals surface area contributed by atoms with Gasteiger partial charge in [-0.05, 0) is 6.42 Å². The molecule has 0 bridgehead atoms. The summed E-state index contributed by atoms with van der Waals surface area (Å²) in [6.45, 7) is 1.81. The highest BCUT2D eigenvalue weighted by Crippen LogP contribution is 1.87. The van der Waals surface area contributed by atoms with Gasteiger partial charge in [0.05, 0.1) is 13.2 Å². The topological polar surface area (TPSA) is 111 Å². The largest absolute Gasteiger partial charge is 0.450 e. The van der Waals surface area contributed by atoms with E-state index in [1.54, 1.807) is 0 Å². The lowest BCUT2D eigenvalue weighted by molar-refractivity contribution is -0.124. The number of hydrogen-bond acceptors (Lipinski definition) is 4. The van der Waals surface area contributed by atoms with Crippen LogP contribution in [-0.4, -0.2) is 37.6 Å². The van der Waals surface area contributed by atoms with Crippen LogP contribution in [0.1, 0.15) is 19.8 Å². The summed E-state index contributed by atoms with van der Waals surface area (Å²) >= 11 is 0. The van der Waals surface area contributed by atoms with E-state index in [9.17, 15) is 14.4 Å². The number of hydrogen-bond donors (Lipinski definition) is 3. The van der Waals surface area contributed by atoms with Crippen molar-refractivity contribution in [2.75, 3.05) is 19.7 Å². The van der Waals surface area contributed by atoms with Gasteiger partial charge in [-0.2, -0.15) is 0 Å². The monoisotopic (exact) mass is 231 g/mol. The Kier molecular flexibility index (Phi) is 7.56. The van der Waals surface area contributed by atoms with Crippen molar-refractivity contribution in [2.24, 2.45) is 5.73 Å². The number of alkyl carbamates (subject to hydrolysis) is 1. The summed E-state index contributed by atoms with van der Waals surface area (Å²) in [5.74, 6) is -1.13. The predicted molar refractivity (Wildman–Crippen MR) is 56.5 cm³/mol. The molecule has 0 rings (SSSR count). The highest BCUT2D eigenvalue weighted by Gasteiger charge is 2.06. The van der Waals surface area contributed by atoms with Crippen LogP contribution in [0.25, 0.3) is 0 Å². The normalized spacial score (nSPS) is 9.31. The minimum atomic E-state index is -0.650. The molecular formula is C9H17N3O4. The number of carbonyl (C=O) groups is 3. The molecule has 0 heterocycles. The molecule has 0 aliphatic heterocycles. The fraction of sp³-hybridized carbons (Fsp3) is 0.667. The summed E-state index contributed by atoms with van der Waals surface area (Å²) in [6.07, 6.45) is 1.05. The number of rotatable bonds is 7. The van der Waals surface area contributed by atoms with Crippen LogP contribution < -0.4 is 16.4 Å². The molecule has 0 fully saturated rings. The maximum atomic E-state index is 11.0. The van der Waals surface area contributed by atoms with Gasteiger partial charge in [0.15, 0.2) is 0 Å². The zero-order chi connectivity index (χ0) is 12.4. The second-order valence-corrected chi connectivity index (χ2v) is 3.09. The molecule has 0 aliphatic rings. The third-order valence-electron chi connectivity index (χ3n) is 1.58. The summed E-state index contributed by atoms with van der Waals surface area (Å²) in [5.41, 5.74) is 4.81. The number of unbranched alkanes of at least 4 members (excludes halogenated alkanes) is 1. The molecule has 16 heavy (non-hydrogen) atoms. The molecular weight excluding hydrogens is 214 g/mol. The molecule has 3 amide bonds. The zero-order valence-electron chi connectivity index (χ0n) is 9.25. The average Bonchev–Trinajstić information content (AvgIpc) is 2.24. The molecule has 4 N–H and O–H groups in total. The Hall–Kier alpha value is -1.79. The SMILES string of the molecule is CCCCOC(=O)NCC(=O)NCC(N)=O. The number of nitrogens with two attached hydrogens (primary N) is 1. The van der Waals surface area contributed by atoms with Crippen molar-refractivity contribution < 1.29 is 19.1 Å². The van der Waals surface area contributed by atoms with Crippen LogP contribution in [0.2, 0.25) is 0 Å². The first-order chi connectivity index (χ1) is 7.56. The van der Waals surface area contributed by atoms with Gasteiger partial charge in [-0.1, -0.05) is 13.3 Å². The van der Waals surface area contributed by atoms with Gasteiger partial charge < -0.3 is 21.1 Å². The molecule has 7 heteroatoms. The molecule has 0 aliphatic carbocycles. The van der Waals surface area contributed by atoms with Crippen LogP contribution in [0, 0.1) is 0 Å². The molecule has 0 aromatic rings. The van der Waals surface area contributed by atoms with E-state index in [0.717, 1.165) is 12.8 Å². The van der Waals surface area contributed by atoms with Crippen molar-refractivity contribution in [2.45, 2.75) is 19.8 Å². The third kappa shape index (κ3) is 8.79. The Morgan fingerprint density at radius 3 is 2.44 bits per heavy atom. The Morgan fingerprint density at radius 1 is 1.19 bits per heavy atom. The molecule has 92 valence electrons. The molecule has 0 atom stereocenters. The van der Waals surface area contributed by atoms with E-state index >= 15 is 0 Å². The second kappa shape index (κ2) is 8.51. The maximum absolute atomic E-state index is 11.0. The second-order valence-electron chi connectivity index (χ2n) is 3.09. The van der Waals surface area contributed by atoms with Crippen molar-refractivity contribution in [1.29, 1.82) is 0 Å². The van der Waals surface area contributed by atoms with E-state index in [1.165, 1.54) is 0 Å². The Balaban J connectivity index is 3.51. The van der Waals surface area contributed by atoms with E-state index in [-0.39, 0.29) is 13.1 Å². The Morgan fingerprint density at radius 2 is 1.88 bits per heavy atom. The van der Waals surface area contributed by atoms with Crippen molar-refractivity contribution in [3.63, 3.8) is 0 Å². The van der Waals surface area contributed by atoms with Crippen LogP contribution in [0.5, 0.6) is 0 Å². The van der Waals surface area contributed by atoms with Crippen LogP contribution in [0.15, 0.2) is 0 Å². The molecule has 0 aromatic heterocycles. The lowest BCUT2D eigenvalue weighted by Gasteiger charge is -2.06. The summed E-state index contributed by atoms with van der Waals surface area (Å²) in [7, 11) is 0. The van der Waals surface area contributed by atoms with E-state index in [0.29, 0.717) is 6.61 Å². The highest BCUT2D eigenvalue weighted by atomic mass is 16.5. The maximum Gasteiger partial charge on any atom is 0.407 e. The summed E-state index contributed by atoms with van der Waals surface area (Å²) in [4.78, 5) is 32.3. The van der Waals surface area contributed by atoms with Gasteiger partial charge in [0.25, 0.3) is 0 Å².